The normalized spacial score (nSPS) is 14.1. The molecule has 40 heavy (non-hydrogen) atoms. The Balaban J connectivity index is 2.48. The second-order valence-electron chi connectivity index (χ2n) is 9.94. The molecule has 2 rings (SSSR count). The third-order valence-electron chi connectivity index (χ3n) is 5.65. The molecule has 1 aromatic carbocycles. The minimum Gasteiger partial charge on any atom is -0.453 e. The molecule has 1 aromatic heterocycles. The van der Waals surface area contributed by atoms with Gasteiger partial charge in [0, 0.05) is 16.3 Å². The summed E-state index contributed by atoms with van der Waals surface area (Å²) in [5.41, 5.74) is 4.83. The molecule has 5 N–H and O–H groups in total. The molecular formula is C24H32F4N4O6S2. The molecule has 0 aliphatic carbocycles. The van der Waals surface area contributed by atoms with Gasteiger partial charge in [0.2, 0.25) is 15.9 Å². The monoisotopic (exact) mass is 612 g/mol. The molecule has 16 heteroatoms. The number of sulfonamides is 1. The molecule has 0 spiro atoms. The van der Waals surface area contributed by atoms with Gasteiger partial charge in [-0.25, -0.2) is 17.6 Å². The van der Waals surface area contributed by atoms with Crippen LogP contribution >= 0.6 is 11.3 Å². The maximum Gasteiger partial charge on any atom is 0.413 e. The molecular weight excluding hydrogens is 580 g/mol. The molecule has 1 heterocycles. The molecule has 10 nitrogen and oxygen atoms in total. The number of carbonyl (C=O) groups is 2. The molecule has 0 bridgehead atoms. The van der Waals surface area contributed by atoms with E-state index in [0.717, 1.165) is 35.7 Å². The van der Waals surface area contributed by atoms with Gasteiger partial charge in [-0.05, 0) is 42.2 Å². The topological polar surface area (TPSA) is 151 Å². The van der Waals surface area contributed by atoms with Crippen LogP contribution in [0.3, 0.4) is 0 Å². The number of aliphatic hydroxyl groups excluding tert-OH is 1. The fraction of sp³-hybridized carbons (Fsp3) is 0.500. The zero-order chi connectivity index (χ0) is 30.5. The zero-order valence-electron chi connectivity index (χ0n) is 22.2. The second-order valence-corrected chi connectivity index (χ2v) is 13.0. The van der Waals surface area contributed by atoms with Crippen LogP contribution < -0.4 is 16.4 Å². The first-order valence-electron chi connectivity index (χ1n) is 11.9. The van der Waals surface area contributed by atoms with E-state index in [0.29, 0.717) is 17.8 Å². The largest absolute Gasteiger partial charge is 0.453 e. The lowest BCUT2D eigenvalue weighted by Crippen LogP contribution is -2.43. The van der Waals surface area contributed by atoms with Gasteiger partial charge >= 0.3 is 12.3 Å². The summed E-state index contributed by atoms with van der Waals surface area (Å²) in [7, 11) is -3.44. The van der Waals surface area contributed by atoms with Gasteiger partial charge in [-0.15, -0.1) is 11.3 Å². The summed E-state index contributed by atoms with van der Waals surface area (Å²) in [5.74, 6) is -2.12. The SMILES string of the molecule is COC(=O)NCC(=O)NC(c1ccc(C(CO)N(CCC(C)(C)C)S(=O)(=O)c2ccc(N)c(F)c2)s1)C(F)(F)F. The van der Waals surface area contributed by atoms with Gasteiger partial charge in [0.05, 0.1) is 30.3 Å². The van der Waals surface area contributed by atoms with Crippen molar-refractivity contribution in [1.82, 2.24) is 14.9 Å². The standard InChI is InChI=1S/C24H32F4N4O6S2/c1-23(2,3)9-10-32(40(36,37)14-5-6-16(29)15(25)11-14)17(13-33)18-7-8-19(39-18)21(24(26,27)28)31-20(34)12-30-22(35)38-4/h5-8,11,17,21,33H,9-10,12-13,29H2,1-4H3,(H,30,35)(H,31,34). The number of halogens is 4. The number of aliphatic hydroxyl groups is 1. The Bertz CT molecular complexity index is 1300. The highest BCUT2D eigenvalue weighted by atomic mass is 32.2. The van der Waals surface area contributed by atoms with Crippen molar-refractivity contribution < 1.29 is 45.4 Å². The van der Waals surface area contributed by atoms with Crippen molar-refractivity contribution in [2.24, 2.45) is 5.41 Å². The van der Waals surface area contributed by atoms with Crippen molar-refractivity contribution in [3.05, 3.63) is 45.9 Å². The van der Waals surface area contributed by atoms with Gasteiger partial charge in [-0.1, -0.05) is 20.8 Å². The van der Waals surface area contributed by atoms with Gasteiger partial charge in [0.25, 0.3) is 0 Å². The number of carbonyl (C=O) groups excluding carboxylic acids is 2. The summed E-state index contributed by atoms with van der Waals surface area (Å²) >= 11 is 0.543. The van der Waals surface area contributed by atoms with Crippen LogP contribution in [0.1, 0.15) is 49.0 Å². The number of methoxy groups -OCH3 is 1. The fourth-order valence-corrected chi connectivity index (χ4v) is 6.34. The van der Waals surface area contributed by atoms with Gasteiger partial charge in [0.1, 0.15) is 12.4 Å². The zero-order valence-corrected chi connectivity index (χ0v) is 23.8. The van der Waals surface area contributed by atoms with Crippen LogP contribution in [0.2, 0.25) is 0 Å². The number of hydrogen-bond donors (Lipinski definition) is 4. The van der Waals surface area contributed by atoms with E-state index >= 15 is 0 Å². The average molecular weight is 613 g/mol. The van der Waals surface area contributed by atoms with E-state index < -0.39 is 64.1 Å². The number of thiophene rings is 1. The highest BCUT2D eigenvalue weighted by Gasteiger charge is 2.43. The Morgan fingerprint density at radius 3 is 2.30 bits per heavy atom. The second kappa shape index (κ2) is 13.1. The predicted molar refractivity (Wildman–Crippen MR) is 140 cm³/mol. The molecule has 0 aliphatic heterocycles. The summed E-state index contributed by atoms with van der Waals surface area (Å²) in [6.07, 6.45) is -5.66. The van der Waals surface area contributed by atoms with E-state index in [1.54, 1.807) is 5.32 Å². The third kappa shape index (κ3) is 8.78. The number of alkyl halides is 3. The number of rotatable bonds is 11. The number of hydrogen-bond acceptors (Lipinski definition) is 8. The molecule has 0 aliphatic rings. The lowest BCUT2D eigenvalue weighted by molar-refractivity contribution is -0.162. The van der Waals surface area contributed by atoms with Gasteiger partial charge in [-0.3, -0.25) is 4.79 Å². The first-order valence-corrected chi connectivity index (χ1v) is 14.1. The molecule has 2 amide bonds. The van der Waals surface area contributed by atoms with E-state index in [2.05, 4.69) is 4.74 Å². The van der Waals surface area contributed by atoms with E-state index in [-0.39, 0.29) is 27.4 Å². The van der Waals surface area contributed by atoms with Crippen LogP contribution in [0.5, 0.6) is 0 Å². The number of nitrogens with one attached hydrogen (secondary N) is 2. The molecule has 0 saturated heterocycles. The maximum atomic E-state index is 14.2. The minimum atomic E-state index is -4.95. The number of nitrogens with two attached hydrogens (primary N) is 1. The smallest absolute Gasteiger partial charge is 0.413 e. The summed E-state index contributed by atoms with van der Waals surface area (Å²) in [6.45, 7) is 3.83. The van der Waals surface area contributed by atoms with Crippen LogP contribution in [0, 0.1) is 11.2 Å². The molecule has 2 aromatic rings. The Hall–Kier alpha value is -2.95. The molecule has 2 unspecified atom stereocenters. The Morgan fingerprint density at radius 1 is 1.15 bits per heavy atom. The van der Waals surface area contributed by atoms with E-state index in [1.807, 2.05) is 26.1 Å². The highest BCUT2D eigenvalue weighted by molar-refractivity contribution is 7.89. The lowest BCUT2D eigenvalue weighted by atomic mass is 9.92. The maximum absolute atomic E-state index is 14.2. The lowest BCUT2D eigenvalue weighted by Gasteiger charge is -2.31. The molecule has 2 atom stereocenters. The van der Waals surface area contributed by atoms with Crippen LogP contribution in [0.25, 0.3) is 0 Å². The van der Waals surface area contributed by atoms with Crippen LogP contribution in [-0.2, 0) is 19.6 Å². The van der Waals surface area contributed by atoms with Crippen molar-refractivity contribution in [3.63, 3.8) is 0 Å². The Kier molecular flexibility index (Phi) is 10.9. The Labute approximate surface area is 233 Å². The summed E-state index contributed by atoms with van der Waals surface area (Å²) in [4.78, 5) is 22.4. The molecule has 0 radical (unpaired) electrons. The first-order chi connectivity index (χ1) is 18.4. The third-order valence-corrected chi connectivity index (χ3v) is 8.81. The quantitative estimate of drug-likeness (QED) is 0.223. The summed E-state index contributed by atoms with van der Waals surface area (Å²) < 4.78 is 88.3. The van der Waals surface area contributed by atoms with Crippen molar-refractivity contribution in [2.75, 3.05) is 32.5 Å². The molecule has 0 saturated carbocycles. The van der Waals surface area contributed by atoms with Crippen LogP contribution in [0.4, 0.5) is 28.0 Å². The van der Waals surface area contributed by atoms with Gasteiger partial charge < -0.3 is 26.2 Å². The minimum absolute atomic E-state index is 0.0575. The van der Waals surface area contributed by atoms with E-state index in [1.165, 1.54) is 6.07 Å². The summed E-state index contributed by atoms with van der Waals surface area (Å²) in [5, 5.41) is 14.0. The van der Waals surface area contributed by atoms with Crippen molar-refractivity contribution in [1.29, 1.82) is 0 Å². The fourth-order valence-electron chi connectivity index (χ4n) is 3.47. The number of benzene rings is 1. The molecule has 224 valence electrons. The van der Waals surface area contributed by atoms with Crippen LogP contribution in [0.15, 0.2) is 35.2 Å². The predicted octanol–water partition coefficient (Wildman–Crippen LogP) is 3.71. The number of alkyl carbamates (subject to hydrolysis) is 1. The number of anilines is 1. The number of nitrogens with zero attached hydrogens (tertiary/aromatic N) is 1. The number of amides is 2. The van der Waals surface area contributed by atoms with E-state index in [4.69, 9.17) is 5.73 Å². The summed E-state index contributed by atoms with van der Waals surface area (Å²) in [6, 6.07) is 1.39. The van der Waals surface area contributed by atoms with Crippen molar-refractivity contribution in [2.45, 2.75) is 50.3 Å². The van der Waals surface area contributed by atoms with Crippen molar-refractivity contribution >= 4 is 39.0 Å². The number of ether oxygens (including phenoxy) is 1. The van der Waals surface area contributed by atoms with E-state index in [9.17, 15) is 40.7 Å². The van der Waals surface area contributed by atoms with Crippen molar-refractivity contribution in [3.8, 4) is 0 Å². The Morgan fingerprint density at radius 2 is 1.77 bits per heavy atom. The first kappa shape index (κ1) is 33.3. The highest BCUT2D eigenvalue weighted by Crippen LogP contribution is 2.40. The molecule has 0 fully saturated rings. The number of nitrogen functional groups attached to an aromatic ring is 1. The van der Waals surface area contributed by atoms with Gasteiger partial charge in [-0.2, -0.15) is 17.5 Å². The van der Waals surface area contributed by atoms with Crippen LogP contribution in [-0.4, -0.2) is 62.8 Å². The van der Waals surface area contributed by atoms with Gasteiger partial charge in [0.15, 0.2) is 6.04 Å². The average Bonchev–Trinajstić information content (AvgIpc) is 3.32.